The number of hydrogen-bond acceptors (Lipinski definition) is 4. The standard InChI is InChI=1S/C12H12ClFN4O2/c1-3-9-11(6-17(2)16-9)15-10-5-8(14)7(13)4-12(10)18(19)20/h4-6,15H,3H2,1-2H3. The first-order chi connectivity index (χ1) is 9.42. The molecular weight excluding hydrogens is 287 g/mol. The Hall–Kier alpha value is -2.15. The van der Waals surface area contributed by atoms with Crippen molar-refractivity contribution in [2.75, 3.05) is 5.32 Å². The zero-order valence-electron chi connectivity index (χ0n) is 10.9. The van der Waals surface area contributed by atoms with Crippen molar-refractivity contribution in [1.29, 1.82) is 0 Å². The van der Waals surface area contributed by atoms with Crippen LogP contribution in [0, 0.1) is 15.9 Å². The summed E-state index contributed by atoms with van der Waals surface area (Å²) in [5.74, 6) is -0.721. The highest BCUT2D eigenvalue weighted by molar-refractivity contribution is 6.31. The van der Waals surface area contributed by atoms with Gasteiger partial charge in [-0.25, -0.2) is 4.39 Å². The molecule has 6 nitrogen and oxygen atoms in total. The van der Waals surface area contributed by atoms with E-state index in [1.807, 2.05) is 6.92 Å². The van der Waals surface area contributed by atoms with Crippen molar-refractivity contribution in [2.45, 2.75) is 13.3 Å². The van der Waals surface area contributed by atoms with E-state index in [1.165, 1.54) is 0 Å². The molecule has 0 saturated heterocycles. The van der Waals surface area contributed by atoms with Gasteiger partial charge in [0.2, 0.25) is 0 Å². The number of nitro benzene ring substituents is 1. The number of halogens is 2. The minimum Gasteiger partial charge on any atom is -0.347 e. The number of nitrogens with zero attached hydrogens (tertiary/aromatic N) is 3. The van der Waals surface area contributed by atoms with Gasteiger partial charge in [0.15, 0.2) is 0 Å². The van der Waals surface area contributed by atoms with Crippen molar-refractivity contribution in [1.82, 2.24) is 9.78 Å². The molecule has 0 fully saturated rings. The molecule has 0 atom stereocenters. The Balaban J connectivity index is 2.47. The second kappa shape index (κ2) is 5.46. The lowest BCUT2D eigenvalue weighted by Crippen LogP contribution is -1.99. The highest BCUT2D eigenvalue weighted by Crippen LogP contribution is 2.33. The van der Waals surface area contributed by atoms with Crippen LogP contribution in [0.15, 0.2) is 18.3 Å². The molecule has 0 spiro atoms. The Morgan fingerprint density at radius 2 is 2.20 bits per heavy atom. The van der Waals surface area contributed by atoms with Crippen LogP contribution in [0.1, 0.15) is 12.6 Å². The van der Waals surface area contributed by atoms with E-state index < -0.39 is 10.7 Å². The summed E-state index contributed by atoms with van der Waals surface area (Å²) in [6, 6.07) is 1.99. The first-order valence-corrected chi connectivity index (χ1v) is 6.23. The molecule has 2 aromatic rings. The van der Waals surface area contributed by atoms with E-state index in [1.54, 1.807) is 17.9 Å². The van der Waals surface area contributed by atoms with Gasteiger partial charge in [-0.2, -0.15) is 5.10 Å². The predicted octanol–water partition coefficient (Wildman–Crippen LogP) is 3.43. The lowest BCUT2D eigenvalue weighted by molar-refractivity contribution is -0.383. The Labute approximate surface area is 119 Å². The smallest absolute Gasteiger partial charge is 0.294 e. The van der Waals surface area contributed by atoms with E-state index >= 15 is 0 Å². The second-order valence-corrected chi connectivity index (χ2v) is 4.59. The summed E-state index contributed by atoms with van der Waals surface area (Å²) in [6.45, 7) is 1.91. The topological polar surface area (TPSA) is 73.0 Å². The molecule has 1 aromatic heterocycles. The third-order valence-electron chi connectivity index (χ3n) is 2.74. The Kier molecular flexibility index (Phi) is 3.89. The molecule has 0 aliphatic carbocycles. The van der Waals surface area contributed by atoms with Crippen LogP contribution in [0.25, 0.3) is 0 Å². The number of rotatable bonds is 4. The molecule has 2 rings (SSSR count). The van der Waals surface area contributed by atoms with Gasteiger partial charge in [-0.15, -0.1) is 0 Å². The van der Waals surface area contributed by atoms with E-state index in [0.29, 0.717) is 12.1 Å². The average molecular weight is 299 g/mol. The third-order valence-corrected chi connectivity index (χ3v) is 3.03. The molecule has 0 aliphatic rings. The van der Waals surface area contributed by atoms with Gasteiger partial charge in [-0.1, -0.05) is 18.5 Å². The highest BCUT2D eigenvalue weighted by atomic mass is 35.5. The highest BCUT2D eigenvalue weighted by Gasteiger charge is 2.19. The maximum absolute atomic E-state index is 13.5. The van der Waals surface area contributed by atoms with E-state index in [9.17, 15) is 14.5 Å². The summed E-state index contributed by atoms with van der Waals surface area (Å²) in [5, 5.41) is 17.8. The monoisotopic (exact) mass is 298 g/mol. The number of nitrogens with one attached hydrogen (secondary N) is 1. The van der Waals surface area contributed by atoms with Crippen molar-refractivity contribution >= 4 is 28.7 Å². The molecule has 0 saturated carbocycles. The van der Waals surface area contributed by atoms with E-state index in [4.69, 9.17) is 11.6 Å². The number of nitro groups is 1. The number of hydrogen-bond donors (Lipinski definition) is 1. The molecule has 0 bridgehead atoms. The molecule has 1 heterocycles. The summed E-state index contributed by atoms with van der Waals surface area (Å²) in [7, 11) is 1.74. The zero-order valence-corrected chi connectivity index (χ0v) is 11.6. The molecule has 1 N–H and O–H groups in total. The fourth-order valence-corrected chi connectivity index (χ4v) is 1.99. The number of aryl methyl sites for hydroxylation is 2. The number of benzene rings is 1. The molecular formula is C12H12ClFN4O2. The van der Waals surface area contributed by atoms with Crippen LogP contribution in [0.2, 0.25) is 5.02 Å². The molecule has 8 heteroatoms. The summed E-state index contributed by atoms with van der Waals surface area (Å²) < 4.78 is 15.1. The van der Waals surface area contributed by atoms with Crippen LogP contribution in [-0.2, 0) is 13.5 Å². The van der Waals surface area contributed by atoms with Gasteiger partial charge in [-0.05, 0) is 6.42 Å². The van der Waals surface area contributed by atoms with Gasteiger partial charge < -0.3 is 5.32 Å². The fraction of sp³-hybridized carbons (Fsp3) is 0.250. The van der Waals surface area contributed by atoms with Crippen LogP contribution in [-0.4, -0.2) is 14.7 Å². The number of aromatic nitrogens is 2. The fourth-order valence-electron chi connectivity index (χ4n) is 1.83. The van der Waals surface area contributed by atoms with Crippen LogP contribution in [0.4, 0.5) is 21.5 Å². The Morgan fingerprint density at radius 3 is 2.80 bits per heavy atom. The lowest BCUT2D eigenvalue weighted by Gasteiger charge is -2.07. The van der Waals surface area contributed by atoms with Gasteiger partial charge in [0.05, 0.1) is 21.3 Å². The summed E-state index contributed by atoms with van der Waals surface area (Å²) in [5.41, 5.74) is 1.08. The van der Waals surface area contributed by atoms with Crippen LogP contribution in [0.3, 0.4) is 0 Å². The van der Waals surface area contributed by atoms with Gasteiger partial charge in [0.1, 0.15) is 11.5 Å². The largest absolute Gasteiger partial charge is 0.347 e. The molecule has 0 aliphatic heterocycles. The van der Waals surface area contributed by atoms with Gasteiger partial charge in [-0.3, -0.25) is 14.8 Å². The normalized spacial score (nSPS) is 10.6. The van der Waals surface area contributed by atoms with Gasteiger partial charge in [0.25, 0.3) is 5.69 Å². The first-order valence-electron chi connectivity index (χ1n) is 5.85. The second-order valence-electron chi connectivity index (χ2n) is 4.18. The maximum Gasteiger partial charge on any atom is 0.294 e. The van der Waals surface area contributed by atoms with Crippen molar-refractivity contribution in [3.05, 3.63) is 45.0 Å². The molecule has 0 unspecified atom stereocenters. The van der Waals surface area contributed by atoms with Crippen molar-refractivity contribution in [3.8, 4) is 0 Å². The van der Waals surface area contributed by atoms with Crippen molar-refractivity contribution < 1.29 is 9.31 Å². The zero-order chi connectivity index (χ0) is 14.9. The molecule has 106 valence electrons. The minimum absolute atomic E-state index is 0.0413. The summed E-state index contributed by atoms with van der Waals surface area (Å²) >= 11 is 5.57. The Morgan fingerprint density at radius 1 is 1.50 bits per heavy atom. The summed E-state index contributed by atoms with van der Waals surface area (Å²) in [6.07, 6.45) is 2.32. The first kappa shape index (κ1) is 14.3. The van der Waals surface area contributed by atoms with Crippen molar-refractivity contribution in [2.24, 2.45) is 7.05 Å². The molecule has 0 radical (unpaired) electrons. The lowest BCUT2D eigenvalue weighted by atomic mass is 10.2. The predicted molar refractivity (Wildman–Crippen MR) is 73.9 cm³/mol. The van der Waals surface area contributed by atoms with E-state index in [0.717, 1.165) is 17.8 Å². The molecule has 20 heavy (non-hydrogen) atoms. The van der Waals surface area contributed by atoms with Crippen LogP contribution < -0.4 is 5.32 Å². The van der Waals surface area contributed by atoms with E-state index in [-0.39, 0.29) is 16.4 Å². The SMILES string of the molecule is CCc1nn(C)cc1Nc1cc(F)c(Cl)cc1[N+](=O)[O-]. The quantitative estimate of drug-likeness (QED) is 0.693. The molecule has 1 aromatic carbocycles. The van der Waals surface area contributed by atoms with Gasteiger partial charge >= 0.3 is 0 Å². The number of anilines is 2. The average Bonchev–Trinajstić information content (AvgIpc) is 2.73. The van der Waals surface area contributed by atoms with Crippen LogP contribution >= 0.6 is 11.6 Å². The summed E-state index contributed by atoms with van der Waals surface area (Å²) in [4.78, 5) is 10.4. The Bertz CT molecular complexity index is 672. The molecule has 0 amide bonds. The van der Waals surface area contributed by atoms with E-state index in [2.05, 4.69) is 10.4 Å². The third kappa shape index (κ3) is 2.72. The maximum atomic E-state index is 13.5. The minimum atomic E-state index is -0.721. The van der Waals surface area contributed by atoms with Gasteiger partial charge in [0, 0.05) is 25.4 Å². The van der Waals surface area contributed by atoms with Crippen LogP contribution in [0.5, 0.6) is 0 Å². The van der Waals surface area contributed by atoms with Crippen molar-refractivity contribution in [3.63, 3.8) is 0 Å².